The molecule has 4 heterocycles. The van der Waals surface area contributed by atoms with Crippen molar-refractivity contribution in [2.75, 3.05) is 0 Å². The molecule has 0 radical (unpaired) electrons. The zero-order chi connectivity index (χ0) is 35.2. The molecule has 2 aromatic rings. The summed E-state index contributed by atoms with van der Waals surface area (Å²) in [5.74, 6) is 5.45. The second-order valence-electron chi connectivity index (χ2n) is 16.9. The summed E-state index contributed by atoms with van der Waals surface area (Å²) in [5, 5.41) is 12.1. The van der Waals surface area contributed by atoms with Crippen molar-refractivity contribution in [3.8, 4) is 5.75 Å². The van der Waals surface area contributed by atoms with Crippen LogP contribution in [0, 0.1) is 29.6 Å². The smallest absolute Gasteiger partial charge is 0.149 e. The molecule has 6 heteroatoms. The van der Waals surface area contributed by atoms with Crippen molar-refractivity contribution in [2.45, 2.75) is 88.9 Å². The Bertz CT molecular complexity index is 2120. The minimum absolute atomic E-state index is 0.0428. The van der Waals surface area contributed by atoms with E-state index in [1.807, 2.05) is 0 Å². The number of hydrogen-bond donors (Lipinski definition) is 3. The Kier molecular flexibility index (Phi) is 7.64. The van der Waals surface area contributed by atoms with Gasteiger partial charge in [-0.2, -0.15) is 0 Å². The molecule has 0 saturated carbocycles. The van der Waals surface area contributed by atoms with E-state index < -0.39 is 0 Å². The van der Waals surface area contributed by atoms with Crippen molar-refractivity contribution in [2.24, 2.45) is 29.6 Å². The lowest BCUT2D eigenvalue weighted by atomic mass is 9.83. The molecule has 1 aromatic carbocycles. The molecule has 1 saturated heterocycles. The molecule has 0 spiro atoms. The number of hydrogen-bond acceptors (Lipinski definition) is 6. The fourth-order valence-corrected chi connectivity index (χ4v) is 10.8. The van der Waals surface area contributed by atoms with Crippen molar-refractivity contribution in [3.63, 3.8) is 0 Å². The van der Waals surface area contributed by atoms with Crippen LogP contribution < -0.4 is 20.7 Å². The van der Waals surface area contributed by atoms with Gasteiger partial charge in [0.15, 0.2) is 0 Å². The van der Waals surface area contributed by atoms with Crippen molar-refractivity contribution < 1.29 is 9.15 Å². The summed E-state index contributed by atoms with van der Waals surface area (Å²) in [5.41, 5.74) is 9.35. The minimum Gasteiger partial charge on any atom is -0.483 e. The van der Waals surface area contributed by atoms with Crippen LogP contribution in [0.1, 0.15) is 73.7 Å². The Labute approximate surface area is 313 Å². The summed E-state index contributed by atoms with van der Waals surface area (Å²) in [6.45, 7) is 4.70. The first kappa shape index (κ1) is 32.1. The third-order valence-electron chi connectivity index (χ3n) is 13.3. The fraction of sp³-hybridized carbons (Fsp3) is 0.404. The van der Waals surface area contributed by atoms with Gasteiger partial charge in [0.05, 0.1) is 30.2 Å². The van der Waals surface area contributed by atoms with E-state index in [1.54, 1.807) is 0 Å². The van der Waals surface area contributed by atoms with Gasteiger partial charge in [-0.25, -0.2) is 0 Å². The van der Waals surface area contributed by atoms with E-state index in [9.17, 15) is 0 Å². The predicted molar refractivity (Wildman–Crippen MR) is 211 cm³/mol. The Morgan fingerprint density at radius 2 is 1.64 bits per heavy atom. The van der Waals surface area contributed by atoms with Gasteiger partial charge < -0.3 is 14.1 Å². The highest BCUT2D eigenvalue weighted by atomic mass is 16.5. The Morgan fingerprint density at radius 1 is 0.774 bits per heavy atom. The molecule has 1 aromatic heterocycles. The summed E-state index contributed by atoms with van der Waals surface area (Å²) in [4.78, 5) is 2.65. The maximum Gasteiger partial charge on any atom is 0.149 e. The number of nitrogens with one attached hydrogen (secondary N) is 3. The second-order valence-corrected chi connectivity index (χ2v) is 16.9. The molecule has 11 atom stereocenters. The van der Waals surface area contributed by atoms with E-state index in [2.05, 4.69) is 144 Å². The molecular formula is C47H50N4O2. The highest BCUT2D eigenvalue weighted by Gasteiger charge is 2.50. The van der Waals surface area contributed by atoms with Crippen LogP contribution in [-0.2, 0) is 12.8 Å². The third-order valence-corrected chi connectivity index (χ3v) is 13.3. The zero-order valence-corrected chi connectivity index (χ0v) is 30.7. The first-order chi connectivity index (χ1) is 26.1. The molecule has 0 amide bonds. The van der Waals surface area contributed by atoms with Crippen LogP contribution in [0.5, 0.6) is 5.75 Å². The van der Waals surface area contributed by atoms with Crippen LogP contribution in [-0.4, -0.2) is 35.5 Å². The summed E-state index contributed by atoms with van der Waals surface area (Å²) >= 11 is 0. The summed E-state index contributed by atoms with van der Waals surface area (Å²) in [6, 6.07) is 8.81. The molecule has 6 aliphatic carbocycles. The SMILES string of the molecule is CC1C=C(C2NC(C3C=CC=CC3)NC(C3C=Cc4c(oc5c4C(N4C6=C(C=CC7c8ccccc8OC67)C6C=CC=CC64)=CC(C)C5)C3)N2)CCC1. The van der Waals surface area contributed by atoms with Gasteiger partial charge in [0.2, 0.25) is 0 Å². The molecule has 270 valence electrons. The molecule has 3 N–H and O–H groups in total. The normalized spacial score (nSPS) is 37.3. The van der Waals surface area contributed by atoms with Crippen LogP contribution in [0.15, 0.2) is 125 Å². The van der Waals surface area contributed by atoms with Gasteiger partial charge in [-0.3, -0.25) is 16.0 Å². The molecule has 1 fully saturated rings. The van der Waals surface area contributed by atoms with Gasteiger partial charge in [-0.15, -0.1) is 0 Å². The molecule has 53 heavy (non-hydrogen) atoms. The Balaban J connectivity index is 0.933. The number of nitrogens with zero attached hydrogens (tertiary/aromatic N) is 1. The van der Waals surface area contributed by atoms with Crippen LogP contribution in [0.4, 0.5) is 0 Å². The monoisotopic (exact) mass is 702 g/mol. The molecule has 9 aliphatic rings. The Morgan fingerprint density at radius 3 is 2.53 bits per heavy atom. The van der Waals surface area contributed by atoms with Crippen LogP contribution in [0.2, 0.25) is 0 Å². The number of furan rings is 1. The molecule has 3 aliphatic heterocycles. The number of fused-ring (bicyclic) bond motifs is 9. The maximum atomic E-state index is 7.00. The number of allylic oxidation sites excluding steroid dienone is 8. The predicted octanol–water partition coefficient (Wildman–Crippen LogP) is 8.43. The topological polar surface area (TPSA) is 61.7 Å². The summed E-state index contributed by atoms with van der Waals surface area (Å²) in [6.07, 6.45) is 40.0. The first-order valence-corrected chi connectivity index (χ1v) is 20.3. The van der Waals surface area contributed by atoms with Crippen molar-refractivity contribution in [1.29, 1.82) is 0 Å². The van der Waals surface area contributed by atoms with E-state index in [1.165, 1.54) is 52.1 Å². The van der Waals surface area contributed by atoms with E-state index in [4.69, 9.17) is 9.15 Å². The van der Waals surface area contributed by atoms with Gasteiger partial charge >= 0.3 is 0 Å². The average molecular weight is 703 g/mol. The van der Waals surface area contributed by atoms with Crippen molar-refractivity contribution in [1.82, 2.24) is 20.9 Å². The molecule has 11 rings (SSSR count). The van der Waals surface area contributed by atoms with Gasteiger partial charge in [0.25, 0.3) is 0 Å². The largest absolute Gasteiger partial charge is 0.483 e. The number of para-hydroxylation sites is 1. The van der Waals surface area contributed by atoms with Crippen molar-refractivity contribution in [3.05, 3.63) is 148 Å². The lowest BCUT2D eigenvalue weighted by Crippen LogP contribution is -2.71. The molecule has 11 unspecified atom stereocenters. The van der Waals surface area contributed by atoms with Gasteiger partial charge in [-0.05, 0) is 54.7 Å². The van der Waals surface area contributed by atoms with Gasteiger partial charge in [0, 0.05) is 58.9 Å². The second kappa shape index (κ2) is 12.6. The van der Waals surface area contributed by atoms with E-state index >= 15 is 0 Å². The van der Waals surface area contributed by atoms with Crippen LogP contribution in [0.25, 0.3) is 11.8 Å². The highest BCUT2D eigenvalue weighted by molar-refractivity contribution is 5.81. The van der Waals surface area contributed by atoms with E-state index in [-0.39, 0.29) is 42.5 Å². The van der Waals surface area contributed by atoms with Crippen LogP contribution in [0.3, 0.4) is 0 Å². The summed E-state index contributed by atoms with van der Waals surface area (Å²) < 4.78 is 13.9. The third kappa shape index (κ3) is 5.24. The lowest BCUT2D eigenvalue weighted by molar-refractivity contribution is 0.153. The molecule has 6 nitrogen and oxygen atoms in total. The maximum absolute atomic E-state index is 7.00. The van der Waals surface area contributed by atoms with E-state index in [0.29, 0.717) is 23.7 Å². The Hall–Kier alpha value is -4.36. The van der Waals surface area contributed by atoms with E-state index in [0.717, 1.165) is 43.0 Å². The fourth-order valence-electron chi connectivity index (χ4n) is 10.8. The highest BCUT2D eigenvalue weighted by Crippen LogP contribution is 2.55. The molecular weight excluding hydrogens is 653 g/mol. The molecule has 0 bridgehead atoms. The first-order valence-electron chi connectivity index (χ1n) is 20.3. The minimum atomic E-state index is -0.0428. The van der Waals surface area contributed by atoms with Crippen molar-refractivity contribution >= 4 is 11.8 Å². The lowest BCUT2D eigenvalue weighted by Gasteiger charge is -2.45. The van der Waals surface area contributed by atoms with Crippen LogP contribution >= 0.6 is 0 Å². The quantitative estimate of drug-likeness (QED) is 0.278. The average Bonchev–Trinajstić information content (AvgIpc) is 3.87. The van der Waals surface area contributed by atoms with Gasteiger partial charge in [0.1, 0.15) is 23.4 Å². The number of benzene rings is 1. The van der Waals surface area contributed by atoms with Gasteiger partial charge in [-0.1, -0.05) is 117 Å². The summed E-state index contributed by atoms with van der Waals surface area (Å²) in [7, 11) is 0. The number of ether oxygens (including phenoxy) is 1. The zero-order valence-electron chi connectivity index (χ0n) is 30.7. The standard InChI is InChI=1S/C47H50N4O2/c1-27-11-10-14-30(23-27)46-48-45(29-12-4-3-5-13-29)49-47(50-46)31-19-20-36-40(26-31)52-41-25-28(2)24-38(42(36)41)51-37-17-8-6-15-32(37)34-21-22-35-33-16-7-9-18-39(33)53-44(35)43(34)51/h3-9,12,15-24,27-29,31-32,35,37,44-50H,10-11,13-14,25-26H2,1-2H3. The number of rotatable bonds is 4.